The highest BCUT2D eigenvalue weighted by Crippen LogP contribution is 2.29. The molecule has 6 heteroatoms. The highest BCUT2D eigenvalue weighted by molar-refractivity contribution is 7.08. The van der Waals surface area contributed by atoms with Crippen molar-refractivity contribution >= 4 is 33.6 Å². The zero-order chi connectivity index (χ0) is 14.8. The lowest BCUT2D eigenvalue weighted by Gasteiger charge is -2.09. The summed E-state index contributed by atoms with van der Waals surface area (Å²) in [6.45, 7) is 2.76. The van der Waals surface area contributed by atoms with E-state index in [2.05, 4.69) is 28.0 Å². The highest BCUT2D eigenvalue weighted by Gasteiger charge is 2.14. The van der Waals surface area contributed by atoms with Gasteiger partial charge in [0, 0.05) is 29.9 Å². The molecule has 0 spiro atoms. The largest absolute Gasteiger partial charge is 0.380 e. The molecule has 0 amide bonds. The monoisotopic (exact) mass is 299 g/mol. The van der Waals surface area contributed by atoms with Crippen molar-refractivity contribution in [3.63, 3.8) is 0 Å². The molecule has 0 radical (unpaired) electrons. The first-order chi connectivity index (χ1) is 10.2. The maximum absolute atomic E-state index is 11.1. The summed E-state index contributed by atoms with van der Waals surface area (Å²) in [5.41, 5.74) is 3.78. The summed E-state index contributed by atoms with van der Waals surface area (Å²) in [6, 6.07) is 6.84. The molecule has 0 aliphatic rings. The third-order valence-electron chi connectivity index (χ3n) is 3.38. The molecular weight excluding hydrogens is 286 g/mol. The molecule has 106 valence electrons. The topological polar surface area (TPSA) is 68.1 Å². The van der Waals surface area contributed by atoms with Crippen LogP contribution in [0.2, 0.25) is 0 Å². The minimum absolute atomic E-state index is 0.0304. The summed E-state index contributed by atoms with van der Waals surface area (Å²) in [5.74, 6) is 0. The molecule has 0 unspecified atom stereocenters. The second kappa shape index (κ2) is 5.49. The Hall–Kier alpha value is -2.47. The van der Waals surface area contributed by atoms with Crippen molar-refractivity contribution in [2.75, 3.05) is 5.32 Å². The van der Waals surface area contributed by atoms with Gasteiger partial charge in [0.15, 0.2) is 0 Å². The quantitative estimate of drug-likeness (QED) is 0.581. The van der Waals surface area contributed by atoms with Crippen LogP contribution in [0.1, 0.15) is 11.1 Å². The average Bonchev–Trinajstić information content (AvgIpc) is 2.89. The normalized spacial score (nSPS) is 10.7. The van der Waals surface area contributed by atoms with Crippen LogP contribution in [-0.4, -0.2) is 9.91 Å². The fourth-order valence-corrected chi connectivity index (χ4v) is 3.08. The van der Waals surface area contributed by atoms with Gasteiger partial charge in [0.25, 0.3) is 5.69 Å². The molecule has 21 heavy (non-hydrogen) atoms. The minimum Gasteiger partial charge on any atom is -0.380 e. The van der Waals surface area contributed by atoms with E-state index < -0.39 is 4.92 Å². The Bertz CT molecular complexity index is 814. The molecule has 0 saturated carbocycles. The van der Waals surface area contributed by atoms with Crippen LogP contribution in [0.25, 0.3) is 10.9 Å². The summed E-state index contributed by atoms with van der Waals surface area (Å²) in [4.78, 5) is 14.8. The van der Waals surface area contributed by atoms with Gasteiger partial charge in [0.05, 0.1) is 4.92 Å². The van der Waals surface area contributed by atoms with Crippen molar-refractivity contribution < 1.29 is 4.92 Å². The van der Waals surface area contributed by atoms with Crippen LogP contribution >= 0.6 is 11.3 Å². The Kier molecular flexibility index (Phi) is 3.53. The highest BCUT2D eigenvalue weighted by atomic mass is 32.1. The van der Waals surface area contributed by atoms with E-state index in [1.807, 2.05) is 12.1 Å². The van der Waals surface area contributed by atoms with Crippen LogP contribution in [0.15, 0.2) is 41.2 Å². The number of benzene rings is 1. The summed E-state index contributed by atoms with van der Waals surface area (Å²) < 4.78 is 0. The summed E-state index contributed by atoms with van der Waals surface area (Å²) >= 11 is 1.67. The number of aryl methyl sites for hydroxylation is 1. The summed E-state index contributed by atoms with van der Waals surface area (Å²) in [6.07, 6.45) is 1.60. The van der Waals surface area contributed by atoms with Crippen LogP contribution in [0, 0.1) is 17.0 Å². The Balaban J connectivity index is 1.98. The van der Waals surface area contributed by atoms with E-state index in [1.54, 1.807) is 23.6 Å². The van der Waals surface area contributed by atoms with Gasteiger partial charge in [0.2, 0.25) is 0 Å². The number of hydrogen-bond acceptors (Lipinski definition) is 5. The number of nitrogens with zero attached hydrogens (tertiary/aromatic N) is 2. The number of pyridine rings is 1. The van der Waals surface area contributed by atoms with Crippen LogP contribution in [-0.2, 0) is 6.54 Å². The van der Waals surface area contributed by atoms with Gasteiger partial charge in [-0.3, -0.25) is 10.1 Å². The number of thiophene rings is 1. The predicted molar refractivity (Wildman–Crippen MR) is 84.8 cm³/mol. The van der Waals surface area contributed by atoms with E-state index in [0.29, 0.717) is 12.1 Å². The van der Waals surface area contributed by atoms with E-state index in [9.17, 15) is 10.1 Å². The zero-order valence-electron chi connectivity index (χ0n) is 11.4. The van der Waals surface area contributed by atoms with Gasteiger partial charge in [-0.05, 0) is 34.9 Å². The second-order valence-corrected chi connectivity index (χ2v) is 5.47. The van der Waals surface area contributed by atoms with E-state index in [0.717, 1.165) is 11.1 Å². The van der Waals surface area contributed by atoms with Gasteiger partial charge in [-0.1, -0.05) is 12.1 Å². The third kappa shape index (κ3) is 2.57. The first-order valence-corrected chi connectivity index (χ1v) is 7.39. The standard InChI is InChI=1S/C15H13N3O2S/c1-10-8-21-9-11(10)7-17-13-5-6-16-15-12(13)3-2-4-14(15)18(19)20/h2-6,8-9H,7H2,1H3,(H,16,17). The molecule has 2 heterocycles. The molecular formula is C15H13N3O2S. The lowest BCUT2D eigenvalue weighted by Crippen LogP contribution is -2.01. The minimum atomic E-state index is -0.401. The van der Waals surface area contributed by atoms with E-state index in [4.69, 9.17) is 0 Å². The number of non-ortho nitro benzene ring substituents is 1. The predicted octanol–water partition coefficient (Wildman–Crippen LogP) is 4.13. The molecule has 0 bridgehead atoms. The molecule has 0 atom stereocenters. The number of para-hydroxylation sites is 1. The molecule has 0 fully saturated rings. The molecule has 3 aromatic rings. The number of hydrogen-bond donors (Lipinski definition) is 1. The lowest BCUT2D eigenvalue weighted by atomic mass is 10.1. The zero-order valence-corrected chi connectivity index (χ0v) is 12.2. The lowest BCUT2D eigenvalue weighted by molar-refractivity contribution is -0.383. The van der Waals surface area contributed by atoms with Crippen molar-refractivity contribution in [1.82, 2.24) is 4.98 Å². The SMILES string of the molecule is Cc1cscc1CNc1ccnc2c([N+](=O)[O-])cccc12. The number of nitro groups is 1. The van der Waals surface area contributed by atoms with Crippen LogP contribution in [0.3, 0.4) is 0 Å². The Labute approximate surface area is 125 Å². The van der Waals surface area contributed by atoms with Crippen molar-refractivity contribution in [2.24, 2.45) is 0 Å². The van der Waals surface area contributed by atoms with Gasteiger partial charge in [0.1, 0.15) is 5.52 Å². The van der Waals surface area contributed by atoms with Crippen molar-refractivity contribution in [3.05, 3.63) is 62.5 Å². The maximum Gasteiger partial charge on any atom is 0.295 e. The molecule has 1 aromatic carbocycles. The van der Waals surface area contributed by atoms with Gasteiger partial charge < -0.3 is 5.32 Å². The number of nitrogens with one attached hydrogen (secondary N) is 1. The number of aromatic nitrogens is 1. The first kappa shape index (κ1) is 13.5. The Morgan fingerprint density at radius 1 is 1.33 bits per heavy atom. The molecule has 0 aliphatic heterocycles. The first-order valence-electron chi connectivity index (χ1n) is 6.44. The van der Waals surface area contributed by atoms with E-state index >= 15 is 0 Å². The van der Waals surface area contributed by atoms with Crippen molar-refractivity contribution in [1.29, 1.82) is 0 Å². The fourth-order valence-electron chi connectivity index (χ4n) is 2.22. The van der Waals surface area contributed by atoms with Crippen LogP contribution in [0.5, 0.6) is 0 Å². The van der Waals surface area contributed by atoms with Crippen molar-refractivity contribution in [3.8, 4) is 0 Å². The number of rotatable bonds is 4. The number of fused-ring (bicyclic) bond motifs is 1. The smallest absolute Gasteiger partial charge is 0.295 e. The van der Waals surface area contributed by atoms with Gasteiger partial charge >= 0.3 is 0 Å². The van der Waals surface area contributed by atoms with Gasteiger partial charge in [-0.15, -0.1) is 0 Å². The van der Waals surface area contributed by atoms with Crippen molar-refractivity contribution in [2.45, 2.75) is 13.5 Å². The molecule has 2 aromatic heterocycles. The molecule has 1 N–H and O–H groups in total. The van der Waals surface area contributed by atoms with E-state index in [-0.39, 0.29) is 5.69 Å². The molecule has 0 saturated heterocycles. The van der Waals surface area contributed by atoms with Gasteiger partial charge in [-0.25, -0.2) is 4.98 Å². The maximum atomic E-state index is 11.1. The van der Waals surface area contributed by atoms with Crippen LogP contribution < -0.4 is 5.32 Å². The number of nitro benzene ring substituents is 1. The third-order valence-corrected chi connectivity index (χ3v) is 4.29. The molecule has 5 nitrogen and oxygen atoms in total. The molecule has 3 rings (SSSR count). The second-order valence-electron chi connectivity index (χ2n) is 4.72. The van der Waals surface area contributed by atoms with Crippen LogP contribution in [0.4, 0.5) is 11.4 Å². The Morgan fingerprint density at radius 2 is 2.19 bits per heavy atom. The van der Waals surface area contributed by atoms with Gasteiger partial charge in [-0.2, -0.15) is 11.3 Å². The van der Waals surface area contributed by atoms with E-state index in [1.165, 1.54) is 17.2 Å². The fraction of sp³-hybridized carbons (Fsp3) is 0.133. The summed E-state index contributed by atoms with van der Waals surface area (Å²) in [7, 11) is 0. The molecule has 0 aliphatic carbocycles. The Morgan fingerprint density at radius 3 is 2.90 bits per heavy atom. The average molecular weight is 299 g/mol. The summed E-state index contributed by atoms with van der Waals surface area (Å²) in [5, 5.41) is 19.4. The number of anilines is 1.